The molecule has 1 heterocycles. The van der Waals surface area contributed by atoms with Gasteiger partial charge in [-0.2, -0.15) is 0 Å². The topological polar surface area (TPSA) is 63.6 Å². The zero-order valence-corrected chi connectivity index (χ0v) is 15.6. The number of nitrogens with zero attached hydrogens (tertiary/aromatic N) is 5. The second-order valence-electron chi connectivity index (χ2n) is 6.24. The Hall–Kier alpha value is -3.48. The number of aromatic nitrogens is 3. The van der Waals surface area contributed by atoms with Crippen LogP contribution in [0.1, 0.15) is 21.5 Å². The Morgan fingerprint density at radius 2 is 1.89 bits per heavy atom. The normalized spacial score (nSPS) is 10.9. The maximum Gasteiger partial charge on any atom is 0.337 e. The third kappa shape index (κ3) is 4.78. The Balaban J connectivity index is 1.63. The average molecular weight is 364 g/mol. The number of ether oxygens (including phenoxy) is 1. The molecular formula is C20H22N5O2+. The third-order valence-corrected chi connectivity index (χ3v) is 4.04. The van der Waals surface area contributed by atoms with E-state index in [1.54, 1.807) is 40.4 Å². The number of carbonyl (C=O) groups excluding carboxylic acids is 1. The summed E-state index contributed by atoms with van der Waals surface area (Å²) < 4.78 is 8.13. The fourth-order valence-electron chi connectivity index (χ4n) is 2.50. The van der Waals surface area contributed by atoms with Crippen LogP contribution in [0, 0.1) is 0 Å². The molecule has 0 radical (unpaired) electrons. The van der Waals surface area contributed by atoms with E-state index in [4.69, 9.17) is 4.74 Å². The second-order valence-corrected chi connectivity index (χ2v) is 6.24. The van der Waals surface area contributed by atoms with Crippen molar-refractivity contribution in [3.8, 4) is 0 Å². The van der Waals surface area contributed by atoms with E-state index in [-0.39, 0.29) is 5.97 Å². The molecule has 0 saturated heterocycles. The van der Waals surface area contributed by atoms with Gasteiger partial charge in [0.2, 0.25) is 6.33 Å². The zero-order valence-electron chi connectivity index (χ0n) is 15.6. The molecule has 0 aliphatic rings. The van der Waals surface area contributed by atoms with Gasteiger partial charge in [-0.1, -0.05) is 24.3 Å². The van der Waals surface area contributed by atoms with E-state index in [1.165, 1.54) is 7.11 Å². The van der Waals surface area contributed by atoms with E-state index in [1.807, 2.05) is 50.5 Å². The summed E-state index contributed by atoms with van der Waals surface area (Å²) >= 11 is 0. The summed E-state index contributed by atoms with van der Waals surface area (Å²) in [5.41, 5.74) is 3.72. The van der Waals surface area contributed by atoms with Gasteiger partial charge in [-0.25, -0.2) is 4.79 Å². The van der Waals surface area contributed by atoms with Crippen molar-refractivity contribution in [1.82, 2.24) is 9.78 Å². The summed E-state index contributed by atoms with van der Waals surface area (Å²) in [4.78, 5) is 13.5. The van der Waals surface area contributed by atoms with Gasteiger partial charge in [-0.15, -0.1) is 14.5 Å². The number of methoxy groups -OCH3 is 1. The quantitative estimate of drug-likeness (QED) is 0.381. The Morgan fingerprint density at radius 1 is 1.19 bits per heavy atom. The standard InChI is InChI=1S/C20H22N5O2/c1-23(2)19-10-6-16(7-11-19)12-21-25-14-22-24(15-25)13-17-4-8-18(9-5-17)20(26)27-3/h4-12,14-15H,13H2,1-3H3/q+1/b21-12-. The van der Waals surface area contributed by atoms with Gasteiger partial charge in [0.15, 0.2) is 0 Å². The smallest absolute Gasteiger partial charge is 0.337 e. The van der Waals surface area contributed by atoms with E-state index in [0.29, 0.717) is 12.1 Å². The van der Waals surface area contributed by atoms with E-state index in [9.17, 15) is 4.79 Å². The van der Waals surface area contributed by atoms with Crippen LogP contribution in [-0.2, 0) is 11.3 Å². The van der Waals surface area contributed by atoms with E-state index >= 15 is 0 Å². The van der Waals surface area contributed by atoms with Crippen molar-refractivity contribution in [3.63, 3.8) is 0 Å². The zero-order chi connectivity index (χ0) is 19.2. The minimum atomic E-state index is -0.341. The lowest BCUT2D eigenvalue weighted by molar-refractivity contribution is -0.679. The summed E-state index contributed by atoms with van der Waals surface area (Å²) in [6.45, 7) is 0.585. The van der Waals surface area contributed by atoms with Crippen LogP contribution in [-0.4, -0.2) is 43.2 Å². The molecule has 3 rings (SSSR count). The van der Waals surface area contributed by atoms with Crippen molar-refractivity contribution in [3.05, 3.63) is 77.9 Å². The molecule has 0 atom stereocenters. The van der Waals surface area contributed by atoms with Gasteiger partial charge < -0.3 is 9.64 Å². The monoisotopic (exact) mass is 364 g/mol. The van der Waals surface area contributed by atoms with E-state index in [0.717, 1.165) is 16.8 Å². The minimum Gasteiger partial charge on any atom is -0.465 e. The number of hydrogen-bond acceptors (Lipinski definition) is 5. The highest BCUT2D eigenvalue weighted by atomic mass is 16.5. The lowest BCUT2D eigenvalue weighted by atomic mass is 10.1. The van der Waals surface area contributed by atoms with Crippen molar-refractivity contribution in [2.45, 2.75) is 6.54 Å². The Labute approximate surface area is 158 Å². The van der Waals surface area contributed by atoms with Crippen LogP contribution < -0.4 is 9.58 Å². The molecule has 0 fully saturated rings. The number of hydrogen-bond donors (Lipinski definition) is 0. The maximum absolute atomic E-state index is 11.5. The highest BCUT2D eigenvalue weighted by molar-refractivity contribution is 5.89. The summed E-state index contributed by atoms with van der Waals surface area (Å²) in [7, 11) is 5.39. The fourth-order valence-corrected chi connectivity index (χ4v) is 2.50. The maximum atomic E-state index is 11.5. The molecule has 7 nitrogen and oxygen atoms in total. The van der Waals surface area contributed by atoms with Crippen LogP contribution in [0.15, 0.2) is 66.3 Å². The molecule has 138 valence electrons. The van der Waals surface area contributed by atoms with Gasteiger partial charge in [-0.05, 0) is 35.4 Å². The van der Waals surface area contributed by atoms with Crippen LogP contribution in [0.2, 0.25) is 0 Å². The number of benzene rings is 2. The van der Waals surface area contributed by atoms with Crippen LogP contribution in [0.4, 0.5) is 5.69 Å². The molecule has 0 unspecified atom stereocenters. The molecule has 2 aromatic carbocycles. The molecule has 0 aliphatic carbocycles. The Bertz CT molecular complexity index is 928. The molecule has 0 amide bonds. The first-order valence-electron chi connectivity index (χ1n) is 8.48. The van der Waals surface area contributed by atoms with Crippen molar-refractivity contribution >= 4 is 17.9 Å². The summed E-state index contributed by atoms with van der Waals surface area (Å²) in [6, 6.07) is 15.4. The predicted octanol–water partition coefficient (Wildman–Crippen LogP) is 1.95. The summed E-state index contributed by atoms with van der Waals surface area (Å²) in [5, 5.41) is 8.70. The summed E-state index contributed by atoms with van der Waals surface area (Å²) in [6.07, 6.45) is 5.24. The molecule has 0 aliphatic heterocycles. The first kappa shape index (κ1) is 18.3. The lowest BCUT2D eigenvalue weighted by Gasteiger charge is -2.11. The average Bonchev–Trinajstić information content (AvgIpc) is 3.14. The van der Waals surface area contributed by atoms with Gasteiger partial charge >= 0.3 is 5.97 Å². The van der Waals surface area contributed by atoms with Crippen LogP contribution in [0.25, 0.3) is 0 Å². The van der Waals surface area contributed by atoms with Crippen molar-refractivity contribution in [2.24, 2.45) is 5.10 Å². The molecule has 1 aromatic heterocycles. The van der Waals surface area contributed by atoms with E-state index in [2.05, 4.69) is 15.1 Å². The molecule has 3 aromatic rings. The minimum absolute atomic E-state index is 0.341. The molecule has 0 saturated carbocycles. The van der Waals surface area contributed by atoms with Crippen molar-refractivity contribution < 1.29 is 14.2 Å². The predicted molar refractivity (Wildman–Crippen MR) is 103 cm³/mol. The summed E-state index contributed by atoms with van der Waals surface area (Å²) in [5.74, 6) is -0.341. The molecule has 0 bridgehead atoms. The van der Waals surface area contributed by atoms with Crippen molar-refractivity contribution in [1.29, 1.82) is 0 Å². The van der Waals surface area contributed by atoms with Gasteiger partial charge in [-0.3, -0.25) is 0 Å². The first-order chi connectivity index (χ1) is 13.0. The molecule has 7 heteroatoms. The second kappa shape index (κ2) is 8.27. The number of anilines is 1. The third-order valence-electron chi connectivity index (χ3n) is 4.04. The Kier molecular flexibility index (Phi) is 5.61. The molecule has 0 spiro atoms. The number of rotatable bonds is 6. The van der Waals surface area contributed by atoms with Crippen LogP contribution in [0.3, 0.4) is 0 Å². The van der Waals surface area contributed by atoms with E-state index < -0.39 is 0 Å². The lowest BCUT2D eigenvalue weighted by Crippen LogP contribution is -2.24. The van der Waals surface area contributed by atoms with Crippen molar-refractivity contribution in [2.75, 3.05) is 26.1 Å². The fraction of sp³-hybridized carbons (Fsp3) is 0.200. The highest BCUT2D eigenvalue weighted by Gasteiger charge is 2.08. The van der Waals surface area contributed by atoms with Gasteiger partial charge in [0.25, 0.3) is 6.33 Å². The highest BCUT2D eigenvalue weighted by Crippen LogP contribution is 2.11. The van der Waals surface area contributed by atoms with Gasteiger partial charge in [0, 0.05) is 24.9 Å². The first-order valence-corrected chi connectivity index (χ1v) is 8.48. The molecule has 27 heavy (non-hydrogen) atoms. The van der Waals surface area contributed by atoms with Gasteiger partial charge in [0.05, 0.1) is 18.9 Å². The SMILES string of the molecule is COC(=O)c1ccc(Cn2c[n+](/N=C\c3ccc(N(C)C)cc3)cn2)cc1. The Morgan fingerprint density at radius 3 is 2.52 bits per heavy atom. The largest absolute Gasteiger partial charge is 0.465 e. The molecule has 0 N–H and O–H groups in total. The number of esters is 1. The van der Waals surface area contributed by atoms with Crippen LogP contribution >= 0.6 is 0 Å². The number of carbonyl (C=O) groups is 1. The molecular weight excluding hydrogens is 342 g/mol. The van der Waals surface area contributed by atoms with Gasteiger partial charge in [0.1, 0.15) is 6.54 Å². The van der Waals surface area contributed by atoms with Crippen LogP contribution in [0.5, 0.6) is 0 Å².